The Balaban J connectivity index is 1.59. The van der Waals surface area contributed by atoms with Gasteiger partial charge in [0.15, 0.2) is 5.78 Å². The predicted molar refractivity (Wildman–Crippen MR) is 76.3 cm³/mol. The average molecular weight is 321 g/mol. The van der Waals surface area contributed by atoms with E-state index in [1.807, 2.05) is 18.2 Å². The van der Waals surface area contributed by atoms with Gasteiger partial charge in [-0.2, -0.15) is 0 Å². The molecule has 3 aliphatic carbocycles. The number of benzene rings is 1. The molecule has 0 saturated heterocycles. The Bertz CT molecular complexity index is 538. The van der Waals surface area contributed by atoms with E-state index in [1.165, 1.54) is 19.3 Å². The molecule has 2 bridgehead atoms. The summed E-state index contributed by atoms with van der Waals surface area (Å²) in [6.07, 6.45) is 4.11. The van der Waals surface area contributed by atoms with Crippen LogP contribution in [-0.4, -0.2) is 12.9 Å². The topological polar surface area (TPSA) is 26.3 Å². The van der Waals surface area contributed by atoms with Crippen LogP contribution in [0.2, 0.25) is 0 Å². The summed E-state index contributed by atoms with van der Waals surface area (Å²) in [5, 5.41) is 0. The van der Waals surface area contributed by atoms with Crippen LogP contribution < -0.4 is 4.74 Å². The molecule has 0 N–H and O–H groups in total. The Kier molecular flexibility index (Phi) is 2.57. The second-order valence-corrected chi connectivity index (χ2v) is 7.08. The van der Waals surface area contributed by atoms with Gasteiger partial charge in [-0.15, -0.1) is 0 Å². The molecule has 0 radical (unpaired) electrons. The molecule has 2 nitrogen and oxygen atoms in total. The molecule has 19 heavy (non-hydrogen) atoms. The van der Waals surface area contributed by atoms with E-state index in [0.29, 0.717) is 23.5 Å². The normalized spacial score (nSPS) is 38.1. The van der Waals surface area contributed by atoms with E-state index in [9.17, 15) is 4.79 Å². The zero-order valence-electron chi connectivity index (χ0n) is 10.9. The fourth-order valence-corrected chi connectivity index (χ4v) is 5.23. The molecule has 0 aromatic heterocycles. The van der Waals surface area contributed by atoms with Crippen molar-refractivity contribution in [1.29, 1.82) is 0 Å². The van der Waals surface area contributed by atoms with Crippen LogP contribution in [0, 0.1) is 29.6 Å². The molecule has 0 heterocycles. The smallest absolute Gasteiger partial charge is 0.167 e. The maximum absolute atomic E-state index is 12.7. The number of methoxy groups -OCH3 is 1. The van der Waals surface area contributed by atoms with Gasteiger partial charge in [-0.05, 0) is 77.1 Å². The molecule has 0 aliphatic heterocycles. The molecular formula is C16H17BrO2. The molecule has 1 aromatic rings. The fraction of sp³-hybridized carbons (Fsp3) is 0.562. The Hall–Kier alpha value is -0.830. The van der Waals surface area contributed by atoms with Gasteiger partial charge >= 0.3 is 0 Å². The largest absolute Gasteiger partial charge is 0.497 e. The third-order valence-corrected chi connectivity index (χ3v) is 6.14. The molecule has 3 saturated carbocycles. The lowest BCUT2D eigenvalue weighted by Gasteiger charge is -2.10. The lowest BCUT2D eigenvalue weighted by Crippen LogP contribution is -2.10. The monoisotopic (exact) mass is 320 g/mol. The van der Waals surface area contributed by atoms with Crippen molar-refractivity contribution in [1.82, 2.24) is 0 Å². The van der Waals surface area contributed by atoms with Crippen molar-refractivity contribution in [2.45, 2.75) is 19.3 Å². The minimum atomic E-state index is 0.316. The van der Waals surface area contributed by atoms with Crippen molar-refractivity contribution >= 4 is 21.7 Å². The van der Waals surface area contributed by atoms with Gasteiger partial charge in [0.05, 0.1) is 7.11 Å². The first-order chi connectivity index (χ1) is 9.20. The van der Waals surface area contributed by atoms with Gasteiger partial charge < -0.3 is 4.74 Å². The summed E-state index contributed by atoms with van der Waals surface area (Å²) >= 11 is 3.51. The zero-order chi connectivity index (χ0) is 13.1. The van der Waals surface area contributed by atoms with Crippen LogP contribution >= 0.6 is 15.9 Å². The van der Waals surface area contributed by atoms with Crippen molar-refractivity contribution in [3.05, 3.63) is 28.2 Å². The Morgan fingerprint density at radius 3 is 2.53 bits per heavy atom. The fourth-order valence-electron chi connectivity index (χ4n) is 4.68. The number of carbonyl (C=O) groups excluding carboxylic acids is 1. The Morgan fingerprint density at radius 2 is 1.95 bits per heavy atom. The maximum Gasteiger partial charge on any atom is 0.167 e. The van der Waals surface area contributed by atoms with Gasteiger partial charge in [-0.1, -0.05) is 0 Å². The van der Waals surface area contributed by atoms with Crippen LogP contribution in [0.5, 0.6) is 5.75 Å². The minimum absolute atomic E-state index is 0.316. The SMILES string of the molecule is COc1ccc(C(=O)C2C3C4CCC(C4)C23)c(Br)c1. The highest BCUT2D eigenvalue weighted by atomic mass is 79.9. The van der Waals surface area contributed by atoms with Crippen molar-refractivity contribution < 1.29 is 9.53 Å². The number of fused-ring (bicyclic) bond motifs is 5. The van der Waals surface area contributed by atoms with E-state index >= 15 is 0 Å². The molecule has 4 atom stereocenters. The summed E-state index contributed by atoms with van der Waals surface area (Å²) in [6.45, 7) is 0. The van der Waals surface area contributed by atoms with E-state index in [2.05, 4.69) is 15.9 Å². The van der Waals surface area contributed by atoms with E-state index < -0.39 is 0 Å². The minimum Gasteiger partial charge on any atom is -0.497 e. The van der Waals surface area contributed by atoms with Crippen molar-refractivity contribution in [2.75, 3.05) is 7.11 Å². The summed E-state index contributed by atoms with van der Waals surface area (Å²) in [4.78, 5) is 12.7. The van der Waals surface area contributed by atoms with Gasteiger partial charge in [-0.25, -0.2) is 0 Å². The van der Waals surface area contributed by atoms with Gasteiger partial charge in [0, 0.05) is 16.0 Å². The van der Waals surface area contributed by atoms with E-state index in [4.69, 9.17) is 4.74 Å². The first-order valence-corrected chi connectivity index (χ1v) is 7.87. The highest BCUT2D eigenvalue weighted by molar-refractivity contribution is 9.10. The van der Waals surface area contributed by atoms with Gasteiger partial charge in [0.2, 0.25) is 0 Å². The molecule has 3 heteroatoms. The van der Waals surface area contributed by atoms with Crippen molar-refractivity contribution in [3.8, 4) is 5.75 Å². The highest BCUT2D eigenvalue weighted by Gasteiger charge is 2.67. The molecule has 3 aliphatic rings. The molecule has 4 unspecified atom stereocenters. The number of carbonyl (C=O) groups is 1. The number of hydrogen-bond acceptors (Lipinski definition) is 2. The van der Waals surface area contributed by atoms with Crippen LogP contribution in [0.25, 0.3) is 0 Å². The van der Waals surface area contributed by atoms with Crippen molar-refractivity contribution in [3.63, 3.8) is 0 Å². The Labute approximate surface area is 121 Å². The zero-order valence-corrected chi connectivity index (χ0v) is 12.5. The summed E-state index contributed by atoms with van der Waals surface area (Å²) in [6, 6.07) is 5.67. The van der Waals surface area contributed by atoms with Gasteiger partial charge in [0.25, 0.3) is 0 Å². The summed E-state index contributed by atoms with van der Waals surface area (Å²) in [5.41, 5.74) is 0.833. The first kappa shape index (κ1) is 12.0. The van der Waals surface area contributed by atoms with Crippen LogP contribution in [0.1, 0.15) is 29.6 Å². The number of Topliss-reactive ketones (excluding diaryl/α,β-unsaturated/α-hetero) is 1. The lowest BCUT2D eigenvalue weighted by atomic mass is 9.96. The quantitative estimate of drug-likeness (QED) is 0.789. The number of halogens is 1. The van der Waals surface area contributed by atoms with Crippen molar-refractivity contribution in [2.24, 2.45) is 29.6 Å². The van der Waals surface area contributed by atoms with E-state index in [-0.39, 0.29) is 0 Å². The molecule has 1 aromatic carbocycles. The molecule has 0 spiro atoms. The third-order valence-electron chi connectivity index (χ3n) is 5.48. The van der Waals surface area contributed by atoms with E-state index in [1.54, 1.807) is 7.11 Å². The number of ether oxygens (including phenoxy) is 1. The molecule has 100 valence electrons. The summed E-state index contributed by atoms with van der Waals surface area (Å²) in [5.74, 6) is 4.57. The summed E-state index contributed by atoms with van der Waals surface area (Å²) in [7, 11) is 1.65. The second kappa shape index (κ2) is 4.08. The van der Waals surface area contributed by atoms with Crippen LogP contribution in [-0.2, 0) is 0 Å². The maximum atomic E-state index is 12.7. The number of rotatable bonds is 3. The number of ketones is 1. The van der Waals surface area contributed by atoms with Crippen LogP contribution in [0.4, 0.5) is 0 Å². The highest BCUT2D eigenvalue weighted by Crippen LogP contribution is 2.70. The summed E-state index contributed by atoms with van der Waals surface area (Å²) < 4.78 is 6.05. The molecule has 3 fully saturated rings. The van der Waals surface area contributed by atoms with Crippen LogP contribution in [0.15, 0.2) is 22.7 Å². The predicted octanol–water partition coefficient (Wildman–Crippen LogP) is 3.93. The number of hydrogen-bond donors (Lipinski definition) is 0. The molecule has 4 rings (SSSR count). The van der Waals surface area contributed by atoms with Gasteiger partial charge in [-0.3, -0.25) is 4.79 Å². The lowest BCUT2D eigenvalue weighted by molar-refractivity contribution is 0.0943. The molecule has 0 amide bonds. The second-order valence-electron chi connectivity index (χ2n) is 6.22. The van der Waals surface area contributed by atoms with E-state index in [0.717, 1.165) is 27.6 Å². The standard InChI is InChI=1S/C16H17BrO2/c1-19-10-4-5-11(12(17)7-10)16(18)15-13-8-2-3-9(6-8)14(13)15/h4-5,7-9,13-15H,2-3,6H2,1H3. The van der Waals surface area contributed by atoms with Crippen LogP contribution in [0.3, 0.4) is 0 Å². The first-order valence-electron chi connectivity index (χ1n) is 7.08. The molecular weight excluding hydrogens is 304 g/mol. The van der Waals surface area contributed by atoms with Gasteiger partial charge in [0.1, 0.15) is 5.75 Å². The Morgan fingerprint density at radius 1 is 1.26 bits per heavy atom. The average Bonchev–Trinajstić information content (AvgIpc) is 2.86. The third kappa shape index (κ3) is 1.63.